The lowest BCUT2D eigenvalue weighted by Gasteiger charge is -2.17. The van der Waals surface area contributed by atoms with Gasteiger partial charge in [-0.25, -0.2) is 4.79 Å². The van der Waals surface area contributed by atoms with Crippen molar-refractivity contribution in [1.82, 2.24) is 0 Å². The maximum Gasteiger partial charge on any atom is 0.333 e. The van der Waals surface area contributed by atoms with Crippen LogP contribution in [-0.4, -0.2) is 12.1 Å². The quantitative estimate of drug-likeness (QED) is 0.228. The van der Waals surface area contributed by atoms with Crippen LogP contribution in [-0.2, 0) is 9.53 Å². The van der Waals surface area contributed by atoms with Gasteiger partial charge in [0.25, 0.3) is 0 Å². The smallest absolute Gasteiger partial charge is 0.333 e. The van der Waals surface area contributed by atoms with Gasteiger partial charge in [0, 0.05) is 5.57 Å². The number of hydrogen-bond acceptors (Lipinski definition) is 2. The molecule has 0 bridgehead atoms. The van der Waals surface area contributed by atoms with Crippen molar-refractivity contribution in [2.75, 3.05) is 0 Å². The Morgan fingerprint density at radius 2 is 1.89 bits per heavy atom. The van der Waals surface area contributed by atoms with E-state index in [9.17, 15) is 4.79 Å². The molecule has 0 radical (unpaired) electrons. The molecule has 0 amide bonds. The molecular formula is C16H28O2. The molecular weight excluding hydrogens is 224 g/mol. The van der Waals surface area contributed by atoms with Crippen LogP contribution in [0.3, 0.4) is 0 Å². The molecule has 0 aliphatic heterocycles. The van der Waals surface area contributed by atoms with Crippen LogP contribution in [0.25, 0.3) is 0 Å². The number of carbonyl (C=O) groups excluding carboxylic acids is 1. The molecule has 0 spiro atoms. The fraction of sp³-hybridized carbons (Fsp3) is 0.688. The van der Waals surface area contributed by atoms with Crippen LogP contribution >= 0.6 is 0 Å². The summed E-state index contributed by atoms with van der Waals surface area (Å²) in [5.41, 5.74) is 0.476. The maximum absolute atomic E-state index is 11.5. The van der Waals surface area contributed by atoms with E-state index >= 15 is 0 Å². The summed E-state index contributed by atoms with van der Waals surface area (Å²) in [6, 6.07) is 0. The minimum absolute atomic E-state index is 0.0221. The van der Waals surface area contributed by atoms with Gasteiger partial charge in [-0.15, -0.1) is 6.58 Å². The first-order valence-electron chi connectivity index (χ1n) is 7.09. The Kier molecular flexibility index (Phi) is 10.4. The zero-order valence-corrected chi connectivity index (χ0v) is 12.0. The summed E-state index contributed by atoms with van der Waals surface area (Å²) in [7, 11) is 0. The third-order valence-electron chi connectivity index (χ3n) is 2.94. The highest BCUT2D eigenvalue weighted by molar-refractivity contribution is 5.87. The van der Waals surface area contributed by atoms with Gasteiger partial charge in [0.2, 0.25) is 0 Å². The van der Waals surface area contributed by atoms with E-state index in [2.05, 4.69) is 20.1 Å². The van der Waals surface area contributed by atoms with Crippen molar-refractivity contribution in [2.45, 2.75) is 71.3 Å². The SMILES string of the molecule is C=CCCC(CCCCCCC)OC(=O)C(=C)C. The molecule has 0 aliphatic carbocycles. The predicted octanol–water partition coefficient (Wildman–Crippen LogP) is 4.80. The largest absolute Gasteiger partial charge is 0.459 e. The van der Waals surface area contributed by atoms with Crippen molar-refractivity contribution in [3.8, 4) is 0 Å². The average Bonchev–Trinajstić information content (AvgIpc) is 2.34. The second kappa shape index (κ2) is 11.1. The second-order valence-electron chi connectivity index (χ2n) is 4.88. The molecule has 0 rings (SSSR count). The van der Waals surface area contributed by atoms with Gasteiger partial charge in [0.05, 0.1) is 0 Å². The highest BCUT2D eigenvalue weighted by Gasteiger charge is 2.13. The molecule has 0 saturated heterocycles. The molecule has 0 aliphatic rings. The lowest BCUT2D eigenvalue weighted by Crippen LogP contribution is -2.18. The highest BCUT2D eigenvalue weighted by Crippen LogP contribution is 2.15. The number of rotatable bonds is 11. The van der Waals surface area contributed by atoms with Gasteiger partial charge < -0.3 is 4.74 Å². The highest BCUT2D eigenvalue weighted by atomic mass is 16.5. The van der Waals surface area contributed by atoms with Gasteiger partial charge in [-0.05, 0) is 32.6 Å². The van der Waals surface area contributed by atoms with Gasteiger partial charge in [0.1, 0.15) is 6.10 Å². The van der Waals surface area contributed by atoms with Crippen LogP contribution in [0.15, 0.2) is 24.8 Å². The van der Waals surface area contributed by atoms with E-state index in [0.717, 1.165) is 25.7 Å². The van der Waals surface area contributed by atoms with Gasteiger partial charge in [-0.2, -0.15) is 0 Å². The number of ether oxygens (including phenoxy) is 1. The summed E-state index contributed by atoms with van der Waals surface area (Å²) >= 11 is 0. The first kappa shape index (κ1) is 16.9. The Hall–Kier alpha value is -1.05. The Morgan fingerprint density at radius 3 is 2.44 bits per heavy atom. The Balaban J connectivity index is 3.94. The second-order valence-corrected chi connectivity index (χ2v) is 4.88. The van der Waals surface area contributed by atoms with Crippen LogP contribution < -0.4 is 0 Å². The molecule has 1 unspecified atom stereocenters. The standard InChI is InChI=1S/C16H28O2/c1-5-7-9-10-11-13-15(12-8-6-2)18-16(17)14(3)4/h6,15H,2-3,5,7-13H2,1,4H3. The number of hydrogen-bond donors (Lipinski definition) is 0. The summed E-state index contributed by atoms with van der Waals surface area (Å²) in [6.07, 6.45) is 10.8. The van der Waals surface area contributed by atoms with E-state index in [-0.39, 0.29) is 12.1 Å². The third kappa shape index (κ3) is 9.03. The van der Waals surface area contributed by atoms with Crippen molar-refractivity contribution >= 4 is 5.97 Å². The molecule has 0 saturated carbocycles. The van der Waals surface area contributed by atoms with Crippen molar-refractivity contribution in [1.29, 1.82) is 0 Å². The van der Waals surface area contributed by atoms with Crippen LogP contribution in [0, 0.1) is 0 Å². The number of unbranched alkanes of at least 4 members (excludes halogenated alkanes) is 4. The molecule has 0 aromatic rings. The normalized spacial score (nSPS) is 11.9. The molecule has 0 N–H and O–H groups in total. The molecule has 1 atom stereocenters. The first-order valence-corrected chi connectivity index (χ1v) is 7.09. The van der Waals surface area contributed by atoms with Gasteiger partial charge in [0.15, 0.2) is 0 Å². The minimum Gasteiger partial charge on any atom is -0.459 e. The van der Waals surface area contributed by atoms with Crippen molar-refractivity contribution in [2.24, 2.45) is 0 Å². The molecule has 104 valence electrons. The first-order chi connectivity index (χ1) is 8.61. The van der Waals surface area contributed by atoms with Crippen LogP contribution in [0.1, 0.15) is 65.2 Å². The van der Waals surface area contributed by atoms with E-state index in [1.165, 1.54) is 25.7 Å². The zero-order valence-electron chi connectivity index (χ0n) is 12.0. The van der Waals surface area contributed by atoms with Gasteiger partial charge in [-0.1, -0.05) is 45.3 Å². The minimum atomic E-state index is -0.266. The Labute approximate surface area is 112 Å². The van der Waals surface area contributed by atoms with E-state index in [1.807, 2.05) is 6.08 Å². The van der Waals surface area contributed by atoms with Gasteiger partial charge >= 0.3 is 5.97 Å². The summed E-state index contributed by atoms with van der Waals surface area (Å²) in [5.74, 6) is -0.266. The van der Waals surface area contributed by atoms with Gasteiger partial charge in [-0.3, -0.25) is 0 Å². The topological polar surface area (TPSA) is 26.3 Å². The van der Waals surface area contributed by atoms with Crippen LogP contribution in [0.2, 0.25) is 0 Å². The Bertz CT molecular complexity index is 256. The summed E-state index contributed by atoms with van der Waals surface area (Å²) in [5, 5.41) is 0. The summed E-state index contributed by atoms with van der Waals surface area (Å²) < 4.78 is 5.43. The lowest BCUT2D eigenvalue weighted by molar-refractivity contribution is -0.144. The number of esters is 1. The monoisotopic (exact) mass is 252 g/mol. The van der Waals surface area contributed by atoms with E-state index in [1.54, 1.807) is 6.92 Å². The van der Waals surface area contributed by atoms with Crippen LogP contribution in [0.5, 0.6) is 0 Å². The van der Waals surface area contributed by atoms with Crippen molar-refractivity contribution in [3.63, 3.8) is 0 Å². The number of allylic oxidation sites excluding steroid dienone is 1. The molecule has 2 heteroatoms. The maximum atomic E-state index is 11.5. The van der Waals surface area contributed by atoms with E-state index < -0.39 is 0 Å². The molecule has 18 heavy (non-hydrogen) atoms. The molecule has 2 nitrogen and oxygen atoms in total. The predicted molar refractivity (Wildman–Crippen MR) is 77.5 cm³/mol. The fourth-order valence-electron chi connectivity index (χ4n) is 1.79. The van der Waals surface area contributed by atoms with Crippen molar-refractivity contribution in [3.05, 3.63) is 24.8 Å². The van der Waals surface area contributed by atoms with Crippen molar-refractivity contribution < 1.29 is 9.53 Å². The lowest BCUT2D eigenvalue weighted by atomic mass is 10.0. The molecule has 0 heterocycles. The molecule has 0 aromatic carbocycles. The molecule has 0 aromatic heterocycles. The van der Waals surface area contributed by atoms with E-state index in [4.69, 9.17) is 4.74 Å². The average molecular weight is 252 g/mol. The van der Waals surface area contributed by atoms with Crippen LogP contribution in [0.4, 0.5) is 0 Å². The summed E-state index contributed by atoms with van der Waals surface area (Å²) in [6.45, 7) is 11.2. The zero-order chi connectivity index (χ0) is 13.8. The third-order valence-corrected chi connectivity index (χ3v) is 2.94. The summed E-state index contributed by atoms with van der Waals surface area (Å²) in [4.78, 5) is 11.5. The van der Waals surface area contributed by atoms with E-state index in [0.29, 0.717) is 5.57 Å². The fourth-order valence-corrected chi connectivity index (χ4v) is 1.79. The Morgan fingerprint density at radius 1 is 1.22 bits per heavy atom. The number of carbonyl (C=O) groups is 1. The molecule has 0 fully saturated rings.